The molecule has 0 amide bonds. The summed E-state index contributed by atoms with van der Waals surface area (Å²) < 4.78 is 3.05. The van der Waals surface area contributed by atoms with Gasteiger partial charge in [-0.2, -0.15) is 5.10 Å². The number of halogens is 1. The highest BCUT2D eigenvalue weighted by atomic mass is 127. The van der Waals surface area contributed by atoms with Crippen molar-refractivity contribution in [2.45, 2.75) is 13.0 Å². The van der Waals surface area contributed by atoms with Gasteiger partial charge in [-0.15, -0.1) is 0 Å². The van der Waals surface area contributed by atoms with Crippen molar-refractivity contribution in [2.24, 2.45) is 12.8 Å². The monoisotopic (exact) mass is 327 g/mol. The first-order valence-electron chi connectivity index (χ1n) is 5.09. The van der Waals surface area contributed by atoms with Crippen molar-refractivity contribution in [2.75, 3.05) is 0 Å². The molecule has 1 heterocycles. The minimum absolute atomic E-state index is 0.112. The number of hydrogen-bond acceptors (Lipinski definition) is 2. The molecule has 2 N–H and O–H groups in total. The molecule has 2 rings (SSSR count). The molecule has 0 spiro atoms. The van der Waals surface area contributed by atoms with Gasteiger partial charge in [0, 0.05) is 16.8 Å². The third-order valence-corrected chi connectivity index (χ3v) is 4.21. The number of hydrogen-bond donors (Lipinski definition) is 1. The smallest absolute Gasteiger partial charge is 0.0733 e. The summed E-state index contributed by atoms with van der Waals surface area (Å²) in [6.45, 7) is 2.10. The maximum atomic E-state index is 6.27. The van der Waals surface area contributed by atoms with Crippen molar-refractivity contribution >= 4 is 22.6 Å². The lowest BCUT2D eigenvalue weighted by Gasteiger charge is -2.15. The fourth-order valence-corrected chi connectivity index (χ4v) is 2.45. The van der Waals surface area contributed by atoms with Gasteiger partial charge in [0.2, 0.25) is 0 Å². The fraction of sp³-hybridized carbons (Fsp3) is 0.250. The average Bonchev–Trinajstić information content (AvgIpc) is 2.68. The van der Waals surface area contributed by atoms with E-state index in [0.29, 0.717) is 0 Å². The van der Waals surface area contributed by atoms with Gasteiger partial charge in [-0.05, 0) is 46.7 Å². The molecule has 0 saturated heterocycles. The summed E-state index contributed by atoms with van der Waals surface area (Å²) >= 11 is 2.35. The molecule has 84 valence electrons. The Kier molecular flexibility index (Phi) is 3.30. The third kappa shape index (κ3) is 1.99. The molecule has 0 fully saturated rings. The van der Waals surface area contributed by atoms with Crippen LogP contribution in [0.3, 0.4) is 0 Å². The standard InChI is InChI=1S/C12H14IN3/c1-8-4-3-5-9(11(8)13)12(14)10-6-7-15-16(10)2/h3-7,12H,14H2,1-2H3. The second-order valence-corrected chi connectivity index (χ2v) is 4.91. The van der Waals surface area contributed by atoms with Gasteiger partial charge < -0.3 is 5.73 Å². The van der Waals surface area contributed by atoms with Crippen molar-refractivity contribution in [3.8, 4) is 0 Å². The lowest BCUT2D eigenvalue weighted by molar-refractivity contribution is 0.671. The van der Waals surface area contributed by atoms with E-state index in [4.69, 9.17) is 5.73 Å². The molecular weight excluding hydrogens is 313 g/mol. The van der Waals surface area contributed by atoms with Gasteiger partial charge in [0.1, 0.15) is 0 Å². The van der Waals surface area contributed by atoms with E-state index in [0.717, 1.165) is 11.3 Å². The van der Waals surface area contributed by atoms with E-state index in [1.54, 1.807) is 6.20 Å². The molecule has 4 heteroatoms. The summed E-state index contributed by atoms with van der Waals surface area (Å²) in [4.78, 5) is 0. The van der Waals surface area contributed by atoms with E-state index in [2.05, 4.69) is 46.7 Å². The van der Waals surface area contributed by atoms with Crippen LogP contribution in [0.15, 0.2) is 30.5 Å². The average molecular weight is 327 g/mol. The van der Waals surface area contributed by atoms with Crippen molar-refractivity contribution in [3.05, 3.63) is 50.9 Å². The Balaban J connectivity index is 2.46. The third-order valence-electron chi connectivity index (χ3n) is 2.73. The van der Waals surface area contributed by atoms with Crippen LogP contribution in [-0.4, -0.2) is 9.78 Å². The van der Waals surface area contributed by atoms with Crippen LogP contribution in [0, 0.1) is 10.5 Å². The number of benzene rings is 1. The largest absolute Gasteiger partial charge is 0.319 e. The highest BCUT2D eigenvalue weighted by Gasteiger charge is 2.15. The number of aromatic nitrogens is 2. The first kappa shape index (κ1) is 11.6. The summed E-state index contributed by atoms with van der Waals surface area (Å²) in [6, 6.07) is 8.07. The normalized spacial score (nSPS) is 12.8. The van der Waals surface area contributed by atoms with E-state index < -0.39 is 0 Å². The number of nitrogens with two attached hydrogens (primary N) is 1. The van der Waals surface area contributed by atoms with Gasteiger partial charge in [0.15, 0.2) is 0 Å². The van der Waals surface area contributed by atoms with E-state index in [-0.39, 0.29) is 6.04 Å². The Morgan fingerprint density at radius 1 is 1.38 bits per heavy atom. The van der Waals surface area contributed by atoms with Crippen LogP contribution in [-0.2, 0) is 7.05 Å². The zero-order valence-electron chi connectivity index (χ0n) is 9.31. The van der Waals surface area contributed by atoms with E-state index in [9.17, 15) is 0 Å². The predicted molar refractivity (Wildman–Crippen MR) is 73.1 cm³/mol. The molecule has 2 aromatic rings. The second-order valence-electron chi connectivity index (χ2n) is 3.84. The van der Waals surface area contributed by atoms with Crippen LogP contribution in [0.25, 0.3) is 0 Å². The zero-order valence-corrected chi connectivity index (χ0v) is 11.5. The Morgan fingerprint density at radius 3 is 2.75 bits per heavy atom. The minimum atomic E-state index is -0.112. The van der Waals surface area contributed by atoms with E-state index in [1.807, 2.05) is 23.9 Å². The molecule has 0 aliphatic heterocycles. The summed E-state index contributed by atoms with van der Waals surface area (Å²) in [6.07, 6.45) is 1.78. The van der Waals surface area contributed by atoms with E-state index >= 15 is 0 Å². The molecule has 1 unspecified atom stereocenters. The highest BCUT2D eigenvalue weighted by Crippen LogP contribution is 2.25. The molecule has 1 aromatic heterocycles. The Labute approximate surface area is 109 Å². The Bertz CT molecular complexity index is 505. The molecule has 3 nitrogen and oxygen atoms in total. The zero-order chi connectivity index (χ0) is 11.7. The van der Waals surface area contributed by atoms with Crippen molar-refractivity contribution in [1.29, 1.82) is 0 Å². The van der Waals surface area contributed by atoms with Gasteiger partial charge in [0.25, 0.3) is 0 Å². The molecular formula is C12H14IN3. The predicted octanol–water partition coefficient (Wildman–Crippen LogP) is 2.38. The molecule has 0 bridgehead atoms. The molecule has 0 radical (unpaired) electrons. The number of rotatable bonds is 2. The molecule has 16 heavy (non-hydrogen) atoms. The van der Waals surface area contributed by atoms with Crippen LogP contribution >= 0.6 is 22.6 Å². The Morgan fingerprint density at radius 2 is 2.12 bits per heavy atom. The van der Waals surface area contributed by atoms with Crippen LogP contribution in [0.4, 0.5) is 0 Å². The molecule has 0 aliphatic carbocycles. The fourth-order valence-electron chi connectivity index (χ4n) is 1.76. The van der Waals surface area contributed by atoms with Crippen LogP contribution in [0.5, 0.6) is 0 Å². The van der Waals surface area contributed by atoms with Crippen molar-refractivity contribution in [3.63, 3.8) is 0 Å². The lowest BCUT2D eigenvalue weighted by atomic mass is 10.0. The van der Waals surface area contributed by atoms with Crippen LogP contribution < -0.4 is 5.73 Å². The molecule has 0 saturated carbocycles. The van der Waals surface area contributed by atoms with Crippen molar-refractivity contribution < 1.29 is 0 Å². The first-order valence-corrected chi connectivity index (χ1v) is 6.17. The summed E-state index contributed by atoms with van der Waals surface area (Å²) in [5.41, 5.74) is 9.71. The Hall–Kier alpha value is -0.880. The van der Waals surface area contributed by atoms with Gasteiger partial charge in [-0.1, -0.05) is 18.2 Å². The summed E-state index contributed by atoms with van der Waals surface area (Å²) in [5.74, 6) is 0. The highest BCUT2D eigenvalue weighted by molar-refractivity contribution is 14.1. The second kappa shape index (κ2) is 4.55. The van der Waals surface area contributed by atoms with Gasteiger partial charge >= 0.3 is 0 Å². The van der Waals surface area contributed by atoms with Gasteiger partial charge in [-0.25, -0.2) is 0 Å². The van der Waals surface area contributed by atoms with Gasteiger partial charge in [0.05, 0.1) is 11.7 Å². The lowest BCUT2D eigenvalue weighted by Crippen LogP contribution is -2.17. The number of nitrogens with zero attached hydrogens (tertiary/aromatic N) is 2. The SMILES string of the molecule is Cc1cccc(C(N)c2ccnn2C)c1I. The topological polar surface area (TPSA) is 43.8 Å². The quantitative estimate of drug-likeness (QED) is 0.861. The maximum absolute atomic E-state index is 6.27. The molecule has 1 aromatic carbocycles. The van der Waals surface area contributed by atoms with Crippen molar-refractivity contribution in [1.82, 2.24) is 9.78 Å². The molecule has 1 atom stereocenters. The van der Waals surface area contributed by atoms with Crippen LogP contribution in [0.2, 0.25) is 0 Å². The first-order chi connectivity index (χ1) is 7.61. The molecule has 0 aliphatic rings. The summed E-state index contributed by atoms with van der Waals surface area (Å²) in [5, 5.41) is 4.15. The summed E-state index contributed by atoms with van der Waals surface area (Å²) in [7, 11) is 1.91. The van der Waals surface area contributed by atoms with Crippen LogP contribution in [0.1, 0.15) is 22.9 Å². The number of aryl methyl sites for hydroxylation is 2. The maximum Gasteiger partial charge on any atom is 0.0733 e. The van der Waals surface area contributed by atoms with Gasteiger partial charge in [-0.3, -0.25) is 4.68 Å². The minimum Gasteiger partial charge on any atom is -0.319 e. The van der Waals surface area contributed by atoms with E-state index in [1.165, 1.54) is 9.13 Å².